The largest absolute Gasteiger partial charge is 0.507 e. The van der Waals surface area contributed by atoms with Gasteiger partial charge in [-0.15, -0.1) is 0 Å². The zero-order chi connectivity index (χ0) is 13.0. The molecule has 1 N–H and O–H groups in total. The van der Waals surface area contributed by atoms with Crippen LogP contribution in [0.4, 0.5) is 4.39 Å². The molecule has 0 fully saturated rings. The molecule has 1 aromatic carbocycles. The van der Waals surface area contributed by atoms with Gasteiger partial charge in [-0.05, 0) is 31.5 Å². The number of hydrogen-bond donors (Lipinski definition) is 1. The van der Waals surface area contributed by atoms with Crippen molar-refractivity contribution in [1.82, 2.24) is 0 Å². The maximum atomic E-state index is 13.0. The number of ketones is 1. The number of carbonyl (C=O) groups is 2. The molecule has 17 heavy (non-hydrogen) atoms. The predicted molar refractivity (Wildman–Crippen MR) is 58.6 cm³/mol. The van der Waals surface area contributed by atoms with E-state index in [2.05, 4.69) is 4.74 Å². The lowest BCUT2D eigenvalue weighted by Crippen LogP contribution is -2.17. The average molecular weight is 240 g/mol. The third-order valence-corrected chi connectivity index (χ3v) is 2.19. The van der Waals surface area contributed by atoms with Gasteiger partial charge in [0.05, 0.1) is 12.2 Å². The van der Waals surface area contributed by atoms with Crippen molar-refractivity contribution in [2.75, 3.05) is 6.61 Å². The van der Waals surface area contributed by atoms with Crippen LogP contribution < -0.4 is 0 Å². The Morgan fingerprint density at radius 2 is 2.12 bits per heavy atom. The molecule has 1 aromatic rings. The number of carbonyl (C=O) groups excluding carboxylic acids is 2. The van der Waals surface area contributed by atoms with E-state index in [4.69, 9.17) is 0 Å². The highest BCUT2D eigenvalue weighted by molar-refractivity contribution is 6.41. The molecule has 0 saturated heterocycles. The van der Waals surface area contributed by atoms with Crippen LogP contribution >= 0.6 is 0 Å². The second kappa shape index (κ2) is 5.43. The molecule has 92 valence electrons. The van der Waals surface area contributed by atoms with Gasteiger partial charge in [0.25, 0.3) is 5.78 Å². The van der Waals surface area contributed by atoms with Crippen LogP contribution in [0, 0.1) is 0 Å². The first-order valence-electron chi connectivity index (χ1n) is 5.15. The van der Waals surface area contributed by atoms with E-state index in [1.54, 1.807) is 6.92 Å². The lowest BCUT2D eigenvalue weighted by atomic mass is 10.0. The van der Waals surface area contributed by atoms with Gasteiger partial charge in [-0.25, -0.2) is 9.18 Å². The molecule has 5 heteroatoms. The lowest BCUT2D eigenvalue weighted by Gasteiger charge is -2.07. The number of halogens is 1. The van der Waals surface area contributed by atoms with Crippen molar-refractivity contribution in [3.63, 3.8) is 0 Å². The smallest absolute Gasteiger partial charge is 0.379 e. The predicted octanol–water partition coefficient (Wildman–Crippen LogP) is 2.17. The molecular formula is C12H13FO4. The van der Waals surface area contributed by atoms with Gasteiger partial charge in [0.2, 0.25) is 0 Å². The fourth-order valence-electron chi connectivity index (χ4n) is 1.29. The number of phenols is 1. The zero-order valence-electron chi connectivity index (χ0n) is 9.57. The van der Waals surface area contributed by atoms with Gasteiger partial charge in [0.15, 0.2) is 0 Å². The summed E-state index contributed by atoms with van der Waals surface area (Å²) in [7, 11) is 0. The third-order valence-electron chi connectivity index (χ3n) is 2.19. The topological polar surface area (TPSA) is 63.6 Å². The van der Waals surface area contributed by atoms with E-state index in [0.29, 0.717) is 0 Å². The minimum atomic E-state index is -1.29. The Balaban J connectivity index is 3.08. The highest BCUT2D eigenvalue weighted by Gasteiger charge is 2.22. The van der Waals surface area contributed by atoms with Crippen molar-refractivity contribution in [2.45, 2.75) is 20.0 Å². The van der Waals surface area contributed by atoms with Crippen molar-refractivity contribution in [2.24, 2.45) is 0 Å². The fourth-order valence-corrected chi connectivity index (χ4v) is 1.29. The molecule has 0 aliphatic carbocycles. The normalized spacial score (nSPS) is 11.9. The average Bonchev–Trinajstić information content (AvgIpc) is 2.28. The SMILES string of the molecule is CCOC(=O)C(=O)c1cc(C(C)F)ccc1O. The number of esters is 1. The molecule has 0 aliphatic rings. The van der Waals surface area contributed by atoms with Gasteiger partial charge in [-0.3, -0.25) is 4.79 Å². The Bertz CT molecular complexity index is 440. The van der Waals surface area contributed by atoms with Crippen LogP contribution in [0.2, 0.25) is 0 Å². The monoisotopic (exact) mass is 240 g/mol. The number of alkyl halides is 1. The quantitative estimate of drug-likeness (QED) is 0.497. The summed E-state index contributed by atoms with van der Waals surface area (Å²) in [5.41, 5.74) is -0.0269. The molecule has 1 rings (SSSR count). The summed E-state index contributed by atoms with van der Waals surface area (Å²) in [6.07, 6.45) is -1.29. The molecule has 1 unspecified atom stereocenters. The van der Waals surface area contributed by atoms with Gasteiger partial charge >= 0.3 is 5.97 Å². The van der Waals surface area contributed by atoms with Crippen LogP contribution in [0.5, 0.6) is 5.75 Å². The van der Waals surface area contributed by atoms with E-state index in [1.165, 1.54) is 19.1 Å². The minimum Gasteiger partial charge on any atom is -0.507 e. The van der Waals surface area contributed by atoms with Gasteiger partial charge < -0.3 is 9.84 Å². The van der Waals surface area contributed by atoms with Crippen LogP contribution in [0.15, 0.2) is 18.2 Å². The van der Waals surface area contributed by atoms with Gasteiger partial charge in [-0.2, -0.15) is 0 Å². The highest BCUT2D eigenvalue weighted by atomic mass is 19.1. The van der Waals surface area contributed by atoms with E-state index in [1.807, 2.05) is 0 Å². The molecule has 0 spiro atoms. The molecule has 0 bridgehead atoms. The van der Waals surface area contributed by atoms with E-state index in [9.17, 15) is 19.1 Å². The van der Waals surface area contributed by atoms with E-state index in [0.717, 1.165) is 6.07 Å². The standard InChI is InChI=1S/C12H13FO4/c1-3-17-12(16)11(15)9-6-8(7(2)13)4-5-10(9)14/h4-7,14H,3H2,1-2H3. The highest BCUT2D eigenvalue weighted by Crippen LogP contribution is 2.24. The first-order valence-corrected chi connectivity index (χ1v) is 5.15. The van der Waals surface area contributed by atoms with Crippen LogP contribution in [-0.2, 0) is 9.53 Å². The van der Waals surface area contributed by atoms with Gasteiger partial charge in [-0.1, -0.05) is 6.07 Å². The molecule has 0 radical (unpaired) electrons. The van der Waals surface area contributed by atoms with Crippen LogP contribution in [-0.4, -0.2) is 23.5 Å². The Morgan fingerprint density at radius 3 is 2.65 bits per heavy atom. The minimum absolute atomic E-state index is 0.0601. The van der Waals surface area contributed by atoms with E-state index in [-0.39, 0.29) is 23.5 Å². The van der Waals surface area contributed by atoms with Crippen LogP contribution in [0.25, 0.3) is 0 Å². The Hall–Kier alpha value is -1.91. The number of aromatic hydroxyl groups is 1. The molecule has 0 heterocycles. The molecule has 0 aliphatic heterocycles. The number of ether oxygens (including phenoxy) is 1. The molecule has 0 aromatic heterocycles. The maximum absolute atomic E-state index is 13.0. The maximum Gasteiger partial charge on any atom is 0.379 e. The number of hydrogen-bond acceptors (Lipinski definition) is 4. The molecule has 0 saturated carbocycles. The van der Waals surface area contributed by atoms with E-state index >= 15 is 0 Å². The van der Waals surface area contributed by atoms with Crippen molar-refractivity contribution in [3.8, 4) is 5.75 Å². The third kappa shape index (κ3) is 3.03. The molecule has 4 nitrogen and oxygen atoms in total. The van der Waals surface area contributed by atoms with E-state index < -0.39 is 17.9 Å². The van der Waals surface area contributed by atoms with Crippen molar-refractivity contribution < 1.29 is 23.8 Å². The molecule has 0 amide bonds. The second-order valence-electron chi connectivity index (χ2n) is 3.44. The summed E-state index contributed by atoms with van der Waals surface area (Å²) in [5, 5.41) is 9.45. The summed E-state index contributed by atoms with van der Waals surface area (Å²) in [5.74, 6) is -2.41. The van der Waals surface area contributed by atoms with Crippen molar-refractivity contribution in [3.05, 3.63) is 29.3 Å². The summed E-state index contributed by atoms with van der Waals surface area (Å²) in [4.78, 5) is 22.8. The number of benzene rings is 1. The first kappa shape index (κ1) is 13.2. The lowest BCUT2D eigenvalue weighted by molar-refractivity contribution is -0.137. The van der Waals surface area contributed by atoms with Crippen molar-refractivity contribution >= 4 is 11.8 Å². The number of phenolic OH excluding ortho intramolecular Hbond substituents is 1. The molecule has 1 atom stereocenters. The zero-order valence-corrected chi connectivity index (χ0v) is 9.57. The second-order valence-corrected chi connectivity index (χ2v) is 3.44. The van der Waals surface area contributed by atoms with Gasteiger partial charge in [0.1, 0.15) is 11.9 Å². The fraction of sp³-hybridized carbons (Fsp3) is 0.333. The Labute approximate surface area is 98.0 Å². The Kier molecular flexibility index (Phi) is 4.20. The summed E-state index contributed by atoms with van der Waals surface area (Å²) >= 11 is 0. The Morgan fingerprint density at radius 1 is 1.47 bits per heavy atom. The number of rotatable bonds is 4. The summed E-state index contributed by atoms with van der Waals surface area (Å²) in [6.45, 7) is 2.92. The number of Topliss-reactive ketones (excluding diaryl/α,β-unsaturated/α-hetero) is 1. The first-order chi connectivity index (χ1) is 7.97. The molecular weight excluding hydrogens is 227 g/mol. The summed E-state index contributed by atoms with van der Waals surface area (Å²) < 4.78 is 17.6. The summed E-state index contributed by atoms with van der Waals surface area (Å²) in [6, 6.07) is 3.68. The van der Waals surface area contributed by atoms with Crippen LogP contribution in [0.3, 0.4) is 0 Å². The van der Waals surface area contributed by atoms with Crippen LogP contribution in [0.1, 0.15) is 35.9 Å². The van der Waals surface area contributed by atoms with Gasteiger partial charge in [0, 0.05) is 0 Å². The van der Waals surface area contributed by atoms with Crippen molar-refractivity contribution in [1.29, 1.82) is 0 Å².